The van der Waals surface area contributed by atoms with Gasteiger partial charge in [-0.1, -0.05) is 16.8 Å². The summed E-state index contributed by atoms with van der Waals surface area (Å²) in [4.78, 5) is 21.4. The van der Waals surface area contributed by atoms with E-state index in [-0.39, 0.29) is 28.7 Å². The Balaban J connectivity index is 1.67. The topological polar surface area (TPSA) is 81.4 Å². The monoisotopic (exact) mass is 429 g/mol. The number of thioether (sulfide) groups is 1. The molecule has 0 saturated heterocycles. The molecular formula is C17H18ClF2N5O2S. The Morgan fingerprint density at radius 3 is 2.96 bits per heavy atom. The molecule has 1 aliphatic rings. The molecule has 2 heterocycles. The molecule has 1 aliphatic carbocycles. The van der Waals surface area contributed by atoms with Crippen molar-refractivity contribution in [2.45, 2.75) is 24.5 Å². The highest BCUT2D eigenvalue weighted by Crippen LogP contribution is 2.50. The van der Waals surface area contributed by atoms with Gasteiger partial charge >= 0.3 is 0 Å². The van der Waals surface area contributed by atoms with Crippen LogP contribution in [0, 0.1) is 5.92 Å². The molecule has 1 fully saturated rings. The van der Waals surface area contributed by atoms with Gasteiger partial charge in [-0.3, -0.25) is 9.78 Å². The van der Waals surface area contributed by atoms with Crippen LogP contribution in [0.25, 0.3) is 5.69 Å². The minimum absolute atomic E-state index is 0.0710. The fourth-order valence-electron chi connectivity index (χ4n) is 2.43. The Morgan fingerprint density at radius 2 is 2.36 bits per heavy atom. The number of nitrogens with one attached hydrogen (secondary N) is 1. The molecule has 150 valence electrons. The van der Waals surface area contributed by atoms with Crippen LogP contribution in [0.5, 0.6) is 0 Å². The Hall–Kier alpha value is -2.20. The van der Waals surface area contributed by atoms with Gasteiger partial charge < -0.3 is 10.2 Å². The van der Waals surface area contributed by atoms with E-state index in [4.69, 9.17) is 16.4 Å². The molecule has 0 aromatic carbocycles. The van der Waals surface area contributed by atoms with Crippen LogP contribution in [0.3, 0.4) is 0 Å². The van der Waals surface area contributed by atoms with Crippen molar-refractivity contribution < 1.29 is 18.4 Å². The minimum Gasteiger partial charge on any atom is -0.399 e. The molecule has 1 saturated carbocycles. The molecule has 2 atom stereocenters. The number of rotatable bonds is 8. The highest BCUT2D eigenvalue weighted by atomic mass is 35.5. The number of alkyl halides is 2. The largest absolute Gasteiger partial charge is 0.399 e. The molecule has 7 nitrogen and oxygen atoms in total. The second kappa shape index (κ2) is 8.44. The fraction of sp³-hybridized carbons (Fsp3) is 0.412. The Bertz CT molecular complexity index is 878. The summed E-state index contributed by atoms with van der Waals surface area (Å²) >= 11 is 7.34. The lowest BCUT2D eigenvalue weighted by Crippen LogP contribution is -2.30. The second-order valence-electron chi connectivity index (χ2n) is 6.24. The zero-order valence-corrected chi connectivity index (χ0v) is 16.7. The number of nitrogens with zero attached hydrogens (tertiary/aromatic N) is 4. The number of anilines is 1. The third-order valence-corrected chi connectivity index (χ3v) is 5.74. The number of pyridine rings is 1. The highest BCUT2D eigenvalue weighted by Gasteiger charge is 2.56. The van der Waals surface area contributed by atoms with Gasteiger partial charge in [-0.25, -0.2) is 13.5 Å². The minimum atomic E-state index is -2.60. The highest BCUT2D eigenvalue weighted by molar-refractivity contribution is 8.00. The first-order valence-electron chi connectivity index (χ1n) is 8.39. The molecule has 0 spiro atoms. The normalized spacial score (nSPS) is 19.2. The van der Waals surface area contributed by atoms with Gasteiger partial charge in [0.05, 0.1) is 29.0 Å². The van der Waals surface area contributed by atoms with E-state index < -0.39 is 23.0 Å². The average Bonchev–Trinajstić information content (AvgIpc) is 3.12. The number of hydrogen-bond acceptors (Lipinski definition) is 6. The van der Waals surface area contributed by atoms with Crippen LogP contribution < -0.4 is 5.32 Å². The van der Waals surface area contributed by atoms with Crippen LogP contribution in [-0.4, -0.2) is 50.4 Å². The van der Waals surface area contributed by atoms with Gasteiger partial charge in [-0.15, -0.1) is 0 Å². The summed E-state index contributed by atoms with van der Waals surface area (Å²) in [5, 5.41) is 10.2. The van der Waals surface area contributed by atoms with Gasteiger partial charge in [-0.2, -0.15) is 16.9 Å². The van der Waals surface area contributed by atoms with E-state index in [9.17, 15) is 13.6 Å². The first-order chi connectivity index (χ1) is 13.3. The van der Waals surface area contributed by atoms with Crippen molar-refractivity contribution in [1.82, 2.24) is 14.8 Å². The number of hydrogen-bond donors (Lipinski definition) is 1. The maximum Gasteiger partial charge on any atom is 0.274 e. The van der Waals surface area contributed by atoms with Gasteiger partial charge in [-0.05, 0) is 19.1 Å². The zero-order chi connectivity index (χ0) is 20.3. The number of oxime groups is 1. The van der Waals surface area contributed by atoms with Crippen molar-refractivity contribution in [3.63, 3.8) is 0 Å². The van der Waals surface area contributed by atoms with Crippen molar-refractivity contribution in [2.24, 2.45) is 11.1 Å². The first kappa shape index (κ1) is 20.5. The molecule has 1 amide bonds. The molecule has 1 N–H and O–H groups in total. The zero-order valence-electron chi connectivity index (χ0n) is 15.1. The van der Waals surface area contributed by atoms with E-state index in [0.29, 0.717) is 5.69 Å². The van der Waals surface area contributed by atoms with Crippen molar-refractivity contribution in [1.29, 1.82) is 0 Å². The summed E-state index contributed by atoms with van der Waals surface area (Å²) in [7, 11) is 1.31. The van der Waals surface area contributed by atoms with Crippen LogP contribution in [0.4, 0.5) is 14.5 Å². The van der Waals surface area contributed by atoms with E-state index in [0.717, 1.165) is 0 Å². The second-order valence-corrected chi connectivity index (χ2v) is 7.97. The maximum absolute atomic E-state index is 13.1. The third kappa shape index (κ3) is 4.79. The number of amides is 1. The lowest BCUT2D eigenvalue weighted by molar-refractivity contribution is -0.110. The van der Waals surface area contributed by atoms with Crippen molar-refractivity contribution in [3.05, 3.63) is 35.9 Å². The van der Waals surface area contributed by atoms with Crippen LogP contribution in [0.15, 0.2) is 35.9 Å². The van der Waals surface area contributed by atoms with E-state index in [1.54, 1.807) is 37.6 Å². The van der Waals surface area contributed by atoms with Crippen molar-refractivity contribution in [2.75, 3.05) is 18.2 Å². The van der Waals surface area contributed by atoms with E-state index in [1.807, 2.05) is 0 Å². The van der Waals surface area contributed by atoms with Gasteiger partial charge in [0.25, 0.3) is 11.8 Å². The van der Waals surface area contributed by atoms with E-state index in [2.05, 4.69) is 20.6 Å². The Labute approximate surface area is 169 Å². The number of carbonyl (C=O) groups is 1. The van der Waals surface area contributed by atoms with Crippen molar-refractivity contribution >= 4 is 40.7 Å². The van der Waals surface area contributed by atoms with Crippen LogP contribution in [-0.2, 0) is 9.63 Å². The lowest BCUT2D eigenvalue weighted by atomic mass is 10.2. The molecule has 2 aromatic heterocycles. The summed E-state index contributed by atoms with van der Waals surface area (Å²) < 4.78 is 27.6. The first-order valence-corrected chi connectivity index (χ1v) is 9.82. The van der Waals surface area contributed by atoms with E-state index >= 15 is 0 Å². The molecule has 0 radical (unpaired) electrons. The fourth-order valence-corrected chi connectivity index (χ4v) is 3.80. The smallest absolute Gasteiger partial charge is 0.274 e. The molecule has 28 heavy (non-hydrogen) atoms. The molecule has 0 aliphatic heterocycles. The molecular weight excluding hydrogens is 412 g/mol. The quantitative estimate of drug-likeness (QED) is 0.511. The summed E-state index contributed by atoms with van der Waals surface area (Å²) in [6.07, 6.45) is 4.66. The predicted octanol–water partition coefficient (Wildman–Crippen LogP) is 3.64. The van der Waals surface area contributed by atoms with Gasteiger partial charge in [0.15, 0.2) is 10.9 Å². The number of halogens is 3. The Kier molecular flexibility index (Phi) is 6.19. The van der Waals surface area contributed by atoms with Gasteiger partial charge in [0.1, 0.15) is 7.11 Å². The van der Waals surface area contributed by atoms with Crippen LogP contribution >= 0.6 is 23.4 Å². The standard InChI is InChI=1S/C17H18ClF2N5O2S/c1-10(28-9-11-6-17(11,19)20)14(24-27-2)16(26)22-13-8-25(23-15(13)18)12-4-3-5-21-7-12/h3-5,7-8,10-11H,6,9H2,1-2H3,(H,22,26). The van der Waals surface area contributed by atoms with Crippen LogP contribution in [0.2, 0.25) is 5.15 Å². The van der Waals surface area contributed by atoms with Gasteiger partial charge in [0.2, 0.25) is 0 Å². The molecule has 3 rings (SSSR count). The van der Waals surface area contributed by atoms with Gasteiger partial charge in [0, 0.05) is 24.3 Å². The lowest BCUT2D eigenvalue weighted by Gasteiger charge is -2.13. The SMILES string of the molecule is CON=C(C(=O)Nc1cn(-c2cccnc2)nc1Cl)C(C)SCC1CC1(F)F. The summed E-state index contributed by atoms with van der Waals surface area (Å²) in [5.74, 6) is -3.55. The third-order valence-electron chi connectivity index (χ3n) is 4.14. The Morgan fingerprint density at radius 1 is 1.61 bits per heavy atom. The summed E-state index contributed by atoms with van der Waals surface area (Å²) in [6.45, 7) is 1.71. The summed E-state index contributed by atoms with van der Waals surface area (Å²) in [6, 6.07) is 3.53. The number of aromatic nitrogens is 3. The maximum atomic E-state index is 13.1. The molecule has 0 bridgehead atoms. The number of carbonyl (C=O) groups excluding carboxylic acids is 1. The van der Waals surface area contributed by atoms with Crippen LogP contribution in [0.1, 0.15) is 13.3 Å². The summed E-state index contributed by atoms with van der Waals surface area (Å²) in [5.41, 5.74) is 1.02. The predicted molar refractivity (Wildman–Crippen MR) is 104 cm³/mol. The van der Waals surface area contributed by atoms with Crippen molar-refractivity contribution in [3.8, 4) is 5.69 Å². The van der Waals surface area contributed by atoms with E-state index in [1.165, 1.54) is 23.6 Å². The molecule has 11 heteroatoms. The molecule has 2 unspecified atom stereocenters. The average molecular weight is 430 g/mol. The molecule has 2 aromatic rings.